The molecule has 2 saturated carbocycles. The van der Waals surface area contributed by atoms with E-state index in [0.29, 0.717) is 17.7 Å². The third kappa shape index (κ3) is 2.30. The zero-order valence-electron chi connectivity index (χ0n) is 14.6. The molecule has 3 fully saturated rings. The summed E-state index contributed by atoms with van der Waals surface area (Å²) in [5, 5.41) is 8.67. The van der Waals surface area contributed by atoms with E-state index < -0.39 is 0 Å². The van der Waals surface area contributed by atoms with Crippen LogP contribution in [-0.2, 0) is 0 Å². The molecule has 25 heavy (non-hydrogen) atoms. The summed E-state index contributed by atoms with van der Waals surface area (Å²) in [5.74, 6) is 1.46. The summed E-state index contributed by atoms with van der Waals surface area (Å²) in [7, 11) is 0. The van der Waals surface area contributed by atoms with E-state index in [1.54, 1.807) is 6.20 Å². The standard InChI is InChI=1S/C19H23N5O/c1-13-4-2-9-20-16(13)18(25)23-10-15(19(11-23)7-3-8-19)17-22-21-12-24(17)14-5-6-14/h2,4,9,12,14-15H,3,5-8,10-11H2,1H3. The summed E-state index contributed by atoms with van der Waals surface area (Å²) in [6.45, 7) is 3.51. The number of nitrogens with zero attached hydrogens (tertiary/aromatic N) is 5. The van der Waals surface area contributed by atoms with Crippen molar-refractivity contribution in [2.24, 2.45) is 5.41 Å². The van der Waals surface area contributed by atoms with Crippen molar-refractivity contribution in [1.82, 2.24) is 24.6 Å². The maximum absolute atomic E-state index is 13.1. The predicted octanol–water partition coefficient (Wildman–Crippen LogP) is 2.73. The van der Waals surface area contributed by atoms with E-state index in [1.807, 2.05) is 30.3 Å². The predicted molar refractivity (Wildman–Crippen MR) is 92.2 cm³/mol. The molecule has 1 saturated heterocycles. The lowest BCUT2D eigenvalue weighted by Crippen LogP contribution is -2.38. The van der Waals surface area contributed by atoms with Crippen LogP contribution in [0.15, 0.2) is 24.7 Å². The normalized spacial score (nSPS) is 24.5. The Balaban J connectivity index is 1.46. The summed E-state index contributed by atoms with van der Waals surface area (Å²) >= 11 is 0. The molecular weight excluding hydrogens is 314 g/mol. The molecule has 0 bridgehead atoms. The molecule has 1 atom stereocenters. The first-order valence-electron chi connectivity index (χ1n) is 9.28. The van der Waals surface area contributed by atoms with Crippen molar-refractivity contribution in [2.45, 2.75) is 51.0 Å². The summed E-state index contributed by atoms with van der Waals surface area (Å²) in [4.78, 5) is 19.4. The number of likely N-dealkylation sites (tertiary alicyclic amines) is 1. The topological polar surface area (TPSA) is 63.9 Å². The highest BCUT2D eigenvalue weighted by Gasteiger charge is 2.54. The van der Waals surface area contributed by atoms with Gasteiger partial charge in [0.1, 0.15) is 17.8 Å². The third-order valence-electron chi connectivity index (χ3n) is 6.35. The van der Waals surface area contributed by atoms with Gasteiger partial charge in [-0.15, -0.1) is 10.2 Å². The first-order valence-corrected chi connectivity index (χ1v) is 9.28. The van der Waals surface area contributed by atoms with Gasteiger partial charge in [0.05, 0.1) is 0 Å². The van der Waals surface area contributed by atoms with Crippen LogP contribution in [0.25, 0.3) is 0 Å². The number of aromatic nitrogens is 4. The van der Waals surface area contributed by atoms with Crippen molar-refractivity contribution < 1.29 is 4.79 Å². The van der Waals surface area contributed by atoms with Crippen LogP contribution in [0.5, 0.6) is 0 Å². The molecule has 0 radical (unpaired) electrons. The quantitative estimate of drug-likeness (QED) is 0.864. The molecule has 0 aromatic carbocycles. The average Bonchev–Trinajstić information content (AvgIpc) is 3.17. The second kappa shape index (κ2) is 5.38. The van der Waals surface area contributed by atoms with Crippen molar-refractivity contribution in [3.8, 4) is 0 Å². The number of pyridine rings is 1. The summed E-state index contributed by atoms with van der Waals surface area (Å²) in [5.41, 5.74) is 1.72. The Morgan fingerprint density at radius 1 is 1.32 bits per heavy atom. The highest BCUT2D eigenvalue weighted by Crippen LogP contribution is 2.56. The first-order chi connectivity index (χ1) is 12.2. The van der Waals surface area contributed by atoms with Crippen molar-refractivity contribution in [3.63, 3.8) is 0 Å². The van der Waals surface area contributed by atoms with E-state index in [-0.39, 0.29) is 11.3 Å². The van der Waals surface area contributed by atoms with E-state index in [2.05, 4.69) is 19.7 Å². The van der Waals surface area contributed by atoms with Crippen LogP contribution in [0.3, 0.4) is 0 Å². The average molecular weight is 337 g/mol. The molecule has 1 aliphatic heterocycles. The molecule has 1 spiro atoms. The van der Waals surface area contributed by atoms with Crippen molar-refractivity contribution in [1.29, 1.82) is 0 Å². The second-order valence-electron chi connectivity index (χ2n) is 7.95. The van der Waals surface area contributed by atoms with Crippen molar-refractivity contribution in [2.75, 3.05) is 13.1 Å². The van der Waals surface area contributed by atoms with Crippen molar-refractivity contribution >= 4 is 5.91 Å². The minimum absolute atomic E-state index is 0.0596. The Morgan fingerprint density at radius 2 is 2.16 bits per heavy atom. The third-order valence-corrected chi connectivity index (χ3v) is 6.35. The van der Waals surface area contributed by atoms with Gasteiger partial charge >= 0.3 is 0 Å². The van der Waals surface area contributed by atoms with Gasteiger partial charge in [0.15, 0.2) is 0 Å². The number of carbonyl (C=O) groups excluding carboxylic acids is 1. The lowest BCUT2D eigenvalue weighted by atomic mass is 9.62. The fraction of sp³-hybridized carbons (Fsp3) is 0.579. The largest absolute Gasteiger partial charge is 0.336 e. The van der Waals surface area contributed by atoms with Gasteiger partial charge in [0.25, 0.3) is 5.91 Å². The van der Waals surface area contributed by atoms with Gasteiger partial charge < -0.3 is 9.47 Å². The molecule has 0 N–H and O–H groups in total. The summed E-state index contributed by atoms with van der Waals surface area (Å²) in [6.07, 6.45) is 9.64. The van der Waals surface area contributed by atoms with E-state index in [0.717, 1.165) is 24.5 Å². The summed E-state index contributed by atoms with van der Waals surface area (Å²) < 4.78 is 2.27. The van der Waals surface area contributed by atoms with Crippen LogP contribution >= 0.6 is 0 Å². The van der Waals surface area contributed by atoms with E-state index >= 15 is 0 Å². The van der Waals surface area contributed by atoms with Crippen LogP contribution in [0, 0.1) is 12.3 Å². The number of aryl methyl sites for hydroxylation is 1. The molecule has 1 amide bonds. The van der Waals surface area contributed by atoms with Gasteiger partial charge in [-0.1, -0.05) is 12.5 Å². The molecule has 6 heteroatoms. The van der Waals surface area contributed by atoms with Gasteiger partial charge in [-0.25, -0.2) is 0 Å². The molecule has 6 nitrogen and oxygen atoms in total. The molecule has 3 aliphatic rings. The van der Waals surface area contributed by atoms with Gasteiger partial charge in [0.2, 0.25) is 0 Å². The van der Waals surface area contributed by atoms with Gasteiger partial charge in [0, 0.05) is 31.2 Å². The lowest BCUT2D eigenvalue weighted by molar-refractivity contribution is 0.0717. The Kier molecular flexibility index (Phi) is 3.24. The van der Waals surface area contributed by atoms with Crippen LogP contribution in [0.2, 0.25) is 0 Å². The van der Waals surface area contributed by atoms with Gasteiger partial charge in [-0.2, -0.15) is 0 Å². The minimum atomic E-state index is 0.0596. The Bertz CT molecular complexity index is 821. The number of hydrogen-bond acceptors (Lipinski definition) is 4. The SMILES string of the molecule is Cc1cccnc1C(=O)N1CC(c2nncn2C2CC2)C2(CCC2)C1. The summed E-state index contributed by atoms with van der Waals surface area (Å²) in [6, 6.07) is 4.41. The van der Waals surface area contributed by atoms with Crippen LogP contribution < -0.4 is 0 Å². The molecule has 2 aliphatic carbocycles. The first kappa shape index (κ1) is 15.0. The number of hydrogen-bond donors (Lipinski definition) is 0. The van der Waals surface area contributed by atoms with E-state index in [9.17, 15) is 4.79 Å². The maximum Gasteiger partial charge on any atom is 0.272 e. The monoisotopic (exact) mass is 337 g/mol. The van der Waals surface area contributed by atoms with Crippen LogP contribution in [0.4, 0.5) is 0 Å². The highest BCUT2D eigenvalue weighted by molar-refractivity contribution is 5.94. The van der Waals surface area contributed by atoms with Crippen molar-refractivity contribution in [3.05, 3.63) is 41.7 Å². The second-order valence-corrected chi connectivity index (χ2v) is 7.95. The molecule has 2 aromatic heterocycles. The number of amides is 1. The molecule has 3 heterocycles. The fourth-order valence-corrected chi connectivity index (χ4v) is 4.61. The molecular formula is C19H23N5O. The van der Waals surface area contributed by atoms with Crippen LogP contribution in [-0.4, -0.2) is 43.6 Å². The number of rotatable bonds is 3. The van der Waals surface area contributed by atoms with E-state index in [4.69, 9.17) is 0 Å². The highest BCUT2D eigenvalue weighted by atomic mass is 16.2. The smallest absolute Gasteiger partial charge is 0.272 e. The minimum Gasteiger partial charge on any atom is -0.336 e. The zero-order chi connectivity index (χ0) is 17.0. The van der Waals surface area contributed by atoms with Crippen LogP contribution in [0.1, 0.15) is 65.9 Å². The Hall–Kier alpha value is -2.24. The van der Waals surface area contributed by atoms with Gasteiger partial charge in [-0.05, 0) is 49.7 Å². The molecule has 5 rings (SSSR count). The lowest BCUT2D eigenvalue weighted by Gasteiger charge is -2.42. The Morgan fingerprint density at radius 3 is 2.84 bits per heavy atom. The fourth-order valence-electron chi connectivity index (χ4n) is 4.61. The maximum atomic E-state index is 13.1. The van der Waals surface area contributed by atoms with Gasteiger partial charge in [-0.3, -0.25) is 9.78 Å². The molecule has 1 unspecified atom stereocenters. The Labute approximate surface area is 147 Å². The number of carbonyl (C=O) groups is 1. The molecule has 130 valence electrons. The zero-order valence-corrected chi connectivity index (χ0v) is 14.6. The molecule has 2 aromatic rings. The van der Waals surface area contributed by atoms with E-state index in [1.165, 1.54) is 32.1 Å².